The SMILES string of the molecule is CCCC(NCC(O)CC)C(=O)O. The molecule has 0 heterocycles. The van der Waals surface area contributed by atoms with Crippen LogP contribution in [-0.4, -0.2) is 34.9 Å². The number of carboxylic acid groups (broad SMARTS) is 1. The van der Waals surface area contributed by atoms with E-state index in [0.717, 1.165) is 6.42 Å². The minimum absolute atomic E-state index is 0.355. The Morgan fingerprint density at radius 1 is 1.46 bits per heavy atom. The van der Waals surface area contributed by atoms with Crippen LogP contribution in [0.15, 0.2) is 0 Å². The average Bonchev–Trinajstić information content (AvgIpc) is 2.11. The monoisotopic (exact) mass is 189 g/mol. The van der Waals surface area contributed by atoms with Crippen LogP contribution < -0.4 is 5.32 Å². The summed E-state index contributed by atoms with van der Waals surface area (Å²) in [5.74, 6) is -0.842. The number of carboxylic acids is 1. The van der Waals surface area contributed by atoms with E-state index in [9.17, 15) is 9.90 Å². The molecule has 0 bridgehead atoms. The van der Waals surface area contributed by atoms with Crippen LogP contribution in [0.25, 0.3) is 0 Å². The summed E-state index contributed by atoms with van der Waals surface area (Å²) >= 11 is 0. The van der Waals surface area contributed by atoms with Crippen molar-refractivity contribution in [2.24, 2.45) is 0 Å². The zero-order chi connectivity index (χ0) is 10.3. The molecular weight excluding hydrogens is 170 g/mol. The molecule has 0 spiro atoms. The molecule has 4 heteroatoms. The highest BCUT2D eigenvalue weighted by Gasteiger charge is 2.15. The van der Waals surface area contributed by atoms with E-state index < -0.39 is 18.1 Å². The summed E-state index contributed by atoms with van der Waals surface area (Å²) in [6.07, 6.45) is 1.63. The Morgan fingerprint density at radius 3 is 2.46 bits per heavy atom. The fourth-order valence-corrected chi connectivity index (χ4v) is 1.02. The molecule has 0 fully saturated rings. The van der Waals surface area contributed by atoms with Crippen LogP contribution in [0.1, 0.15) is 33.1 Å². The van der Waals surface area contributed by atoms with Gasteiger partial charge in [-0.3, -0.25) is 4.79 Å². The molecule has 4 nitrogen and oxygen atoms in total. The Bertz CT molecular complexity index is 150. The third-order valence-electron chi connectivity index (χ3n) is 1.95. The van der Waals surface area contributed by atoms with Crippen molar-refractivity contribution >= 4 is 5.97 Å². The lowest BCUT2D eigenvalue weighted by Crippen LogP contribution is -2.40. The minimum Gasteiger partial charge on any atom is -0.480 e. The van der Waals surface area contributed by atoms with Gasteiger partial charge < -0.3 is 15.5 Å². The maximum atomic E-state index is 10.6. The summed E-state index contributed by atoms with van der Waals surface area (Å²) in [5, 5.41) is 20.8. The van der Waals surface area contributed by atoms with Gasteiger partial charge in [-0.1, -0.05) is 20.3 Å². The first-order chi connectivity index (χ1) is 6.11. The van der Waals surface area contributed by atoms with Crippen LogP contribution in [0.2, 0.25) is 0 Å². The highest BCUT2D eigenvalue weighted by Crippen LogP contribution is 1.97. The Balaban J connectivity index is 3.75. The first-order valence-corrected chi connectivity index (χ1v) is 4.76. The molecule has 13 heavy (non-hydrogen) atoms. The maximum absolute atomic E-state index is 10.6. The molecule has 0 aliphatic carbocycles. The van der Waals surface area contributed by atoms with E-state index in [0.29, 0.717) is 19.4 Å². The second kappa shape index (κ2) is 6.86. The quantitative estimate of drug-likeness (QED) is 0.548. The summed E-state index contributed by atoms with van der Waals surface area (Å²) in [6, 6.07) is -0.522. The molecule has 0 aromatic heterocycles. The van der Waals surface area contributed by atoms with E-state index in [4.69, 9.17) is 5.11 Å². The molecule has 3 N–H and O–H groups in total. The molecule has 0 aromatic carbocycles. The fraction of sp³-hybridized carbons (Fsp3) is 0.889. The van der Waals surface area contributed by atoms with Crippen LogP contribution in [-0.2, 0) is 4.79 Å². The number of aliphatic carboxylic acids is 1. The lowest BCUT2D eigenvalue weighted by molar-refractivity contribution is -0.139. The molecule has 0 aromatic rings. The predicted octanol–water partition coefficient (Wildman–Crippen LogP) is 0.600. The van der Waals surface area contributed by atoms with Gasteiger partial charge in [0.15, 0.2) is 0 Å². The van der Waals surface area contributed by atoms with Crippen LogP contribution in [0.4, 0.5) is 0 Å². The smallest absolute Gasteiger partial charge is 0.320 e. The van der Waals surface area contributed by atoms with Crippen molar-refractivity contribution in [1.29, 1.82) is 0 Å². The van der Waals surface area contributed by atoms with Crippen molar-refractivity contribution in [3.63, 3.8) is 0 Å². The summed E-state index contributed by atoms with van der Waals surface area (Å²) in [5.41, 5.74) is 0. The van der Waals surface area contributed by atoms with Gasteiger partial charge in [0.25, 0.3) is 0 Å². The molecule has 0 aliphatic rings. The molecule has 0 radical (unpaired) electrons. The second-order valence-electron chi connectivity index (χ2n) is 3.15. The number of rotatable bonds is 7. The zero-order valence-corrected chi connectivity index (χ0v) is 8.29. The first kappa shape index (κ1) is 12.4. The van der Waals surface area contributed by atoms with E-state index in [1.54, 1.807) is 0 Å². The largest absolute Gasteiger partial charge is 0.480 e. The Morgan fingerprint density at radius 2 is 2.08 bits per heavy atom. The number of aliphatic hydroxyl groups is 1. The van der Waals surface area contributed by atoms with Crippen molar-refractivity contribution < 1.29 is 15.0 Å². The normalized spacial score (nSPS) is 15.3. The van der Waals surface area contributed by atoms with Crippen molar-refractivity contribution in [3.8, 4) is 0 Å². The van der Waals surface area contributed by atoms with Gasteiger partial charge in [-0.25, -0.2) is 0 Å². The molecule has 78 valence electrons. The molecule has 0 aliphatic heterocycles. The van der Waals surface area contributed by atoms with E-state index in [1.165, 1.54) is 0 Å². The molecule has 0 rings (SSSR count). The fourth-order valence-electron chi connectivity index (χ4n) is 1.02. The molecule has 0 saturated carbocycles. The van der Waals surface area contributed by atoms with Crippen LogP contribution in [0.5, 0.6) is 0 Å². The summed E-state index contributed by atoms with van der Waals surface area (Å²) in [6.45, 7) is 4.16. The number of hydrogen-bond donors (Lipinski definition) is 3. The third kappa shape index (κ3) is 5.60. The third-order valence-corrected chi connectivity index (χ3v) is 1.95. The topological polar surface area (TPSA) is 69.6 Å². The van der Waals surface area contributed by atoms with Gasteiger partial charge >= 0.3 is 5.97 Å². The highest BCUT2D eigenvalue weighted by molar-refractivity contribution is 5.73. The van der Waals surface area contributed by atoms with Gasteiger partial charge in [0.1, 0.15) is 6.04 Å². The van der Waals surface area contributed by atoms with E-state index in [2.05, 4.69) is 5.32 Å². The summed E-state index contributed by atoms with van der Waals surface area (Å²) in [7, 11) is 0. The van der Waals surface area contributed by atoms with Crippen molar-refractivity contribution in [3.05, 3.63) is 0 Å². The first-order valence-electron chi connectivity index (χ1n) is 4.76. The second-order valence-corrected chi connectivity index (χ2v) is 3.15. The van der Waals surface area contributed by atoms with Crippen molar-refractivity contribution in [2.75, 3.05) is 6.54 Å². The lowest BCUT2D eigenvalue weighted by atomic mass is 10.1. The molecule has 2 unspecified atom stereocenters. The number of nitrogens with one attached hydrogen (secondary N) is 1. The number of hydrogen-bond acceptors (Lipinski definition) is 3. The van der Waals surface area contributed by atoms with Gasteiger partial charge in [-0.2, -0.15) is 0 Å². The maximum Gasteiger partial charge on any atom is 0.320 e. The van der Waals surface area contributed by atoms with Gasteiger partial charge in [0.2, 0.25) is 0 Å². The Hall–Kier alpha value is -0.610. The highest BCUT2D eigenvalue weighted by atomic mass is 16.4. The van der Waals surface area contributed by atoms with E-state index in [1.807, 2.05) is 13.8 Å². The Labute approximate surface area is 79.0 Å². The van der Waals surface area contributed by atoms with Crippen LogP contribution >= 0.6 is 0 Å². The van der Waals surface area contributed by atoms with Crippen LogP contribution in [0.3, 0.4) is 0 Å². The molecular formula is C9H19NO3. The van der Waals surface area contributed by atoms with E-state index >= 15 is 0 Å². The number of aliphatic hydroxyl groups excluding tert-OH is 1. The summed E-state index contributed by atoms with van der Waals surface area (Å²) in [4.78, 5) is 10.6. The van der Waals surface area contributed by atoms with Crippen molar-refractivity contribution in [1.82, 2.24) is 5.32 Å². The molecule has 0 saturated heterocycles. The van der Waals surface area contributed by atoms with Crippen LogP contribution in [0, 0.1) is 0 Å². The predicted molar refractivity (Wildman–Crippen MR) is 50.6 cm³/mol. The van der Waals surface area contributed by atoms with Gasteiger partial charge in [0.05, 0.1) is 6.10 Å². The van der Waals surface area contributed by atoms with E-state index in [-0.39, 0.29) is 0 Å². The van der Waals surface area contributed by atoms with Gasteiger partial charge in [-0.15, -0.1) is 0 Å². The average molecular weight is 189 g/mol. The minimum atomic E-state index is -0.842. The van der Waals surface area contributed by atoms with Gasteiger partial charge in [-0.05, 0) is 12.8 Å². The standard InChI is InChI=1S/C9H19NO3/c1-3-5-8(9(12)13)10-6-7(11)4-2/h7-8,10-11H,3-6H2,1-2H3,(H,12,13). The van der Waals surface area contributed by atoms with Crippen molar-refractivity contribution in [2.45, 2.75) is 45.3 Å². The summed E-state index contributed by atoms with van der Waals surface area (Å²) < 4.78 is 0. The lowest BCUT2D eigenvalue weighted by Gasteiger charge is -2.15. The number of carbonyl (C=O) groups is 1. The zero-order valence-electron chi connectivity index (χ0n) is 8.29. The molecule has 0 amide bonds. The molecule has 2 atom stereocenters. The van der Waals surface area contributed by atoms with Gasteiger partial charge in [0, 0.05) is 6.54 Å². The Kier molecular flexibility index (Phi) is 6.54.